The predicted molar refractivity (Wildman–Crippen MR) is 50.5 cm³/mol. The molecular formula is C9H5ClF5NO2. The van der Waals surface area contributed by atoms with Crippen LogP contribution >= 0.6 is 11.6 Å². The molecule has 1 rings (SSSR count). The molecule has 0 saturated carbocycles. The lowest BCUT2D eigenvalue weighted by molar-refractivity contribution is -0.139. The molecule has 0 fully saturated rings. The van der Waals surface area contributed by atoms with Crippen molar-refractivity contribution in [1.29, 1.82) is 0 Å². The van der Waals surface area contributed by atoms with E-state index in [-0.39, 0.29) is 0 Å². The Morgan fingerprint density at radius 1 is 1.44 bits per heavy atom. The largest absolute Gasteiger partial charge is 0.464 e. The first-order chi connectivity index (χ1) is 8.18. The first kappa shape index (κ1) is 14.6. The standard InChI is InChI=1S/C9H5ClF5NO2/c1-18-8(17)4-2-3(10)5(9(13,14)15)6(16-4)7(11)12/h2,7H,1H3. The first-order valence-corrected chi connectivity index (χ1v) is 4.70. The van der Waals surface area contributed by atoms with Gasteiger partial charge in [0.25, 0.3) is 6.43 Å². The maximum absolute atomic E-state index is 12.5. The number of ether oxygens (including phenoxy) is 1. The molecule has 0 N–H and O–H groups in total. The van der Waals surface area contributed by atoms with Crippen molar-refractivity contribution >= 4 is 17.6 Å². The maximum Gasteiger partial charge on any atom is 0.419 e. The zero-order valence-electron chi connectivity index (χ0n) is 8.69. The minimum Gasteiger partial charge on any atom is -0.464 e. The van der Waals surface area contributed by atoms with Crippen molar-refractivity contribution in [3.63, 3.8) is 0 Å². The Hall–Kier alpha value is -1.44. The Labute approximate surface area is 103 Å². The van der Waals surface area contributed by atoms with E-state index < -0.39 is 40.5 Å². The second-order valence-corrected chi connectivity index (χ2v) is 3.45. The Morgan fingerprint density at radius 3 is 2.39 bits per heavy atom. The van der Waals surface area contributed by atoms with Crippen molar-refractivity contribution in [1.82, 2.24) is 4.98 Å². The van der Waals surface area contributed by atoms with Crippen LogP contribution in [-0.4, -0.2) is 18.1 Å². The molecule has 0 aliphatic rings. The number of nitrogens with zero attached hydrogens (tertiary/aromatic N) is 1. The van der Waals surface area contributed by atoms with Crippen molar-refractivity contribution in [2.75, 3.05) is 7.11 Å². The Bertz CT molecular complexity index is 475. The summed E-state index contributed by atoms with van der Waals surface area (Å²) in [6.45, 7) is 0. The molecule has 0 aliphatic heterocycles. The number of hydrogen-bond acceptors (Lipinski definition) is 3. The van der Waals surface area contributed by atoms with Crippen molar-refractivity contribution in [2.45, 2.75) is 12.6 Å². The van der Waals surface area contributed by atoms with Gasteiger partial charge in [0.15, 0.2) is 0 Å². The van der Waals surface area contributed by atoms with Crippen LogP contribution in [0.4, 0.5) is 22.0 Å². The number of pyridine rings is 1. The van der Waals surface area contributed by atoms with Crippen LogP contribution < -0.4 is 0 Å². The summed E-state index contributed by atoms with van der Waals surface area (Å²) in [7, 11) is 0.928. The Kier molecular flexibility index (Phi) is 4.10. The summed E-state index contributed by atoms with van der Waals surface area (Å²) >= 11 is 5.26. The average molecular weight is 290 g/mol. The molecule has 0 aliphatic carbocycles. The average Bonchev–Trinajstić information content (AvgIpc) is 2.24. The molecular weight excluding hydrogens is 285 g/mol. The zero-order chi connectivity index (χ0) is 14.1. The fourth-order valence-electron chi connectivity index (χ4n) is 1.18. The molecule has 1 aromatic rings. The summed E-state index contributed by atoms with van der Waals surface area (Å²) in [4.78, 5) is 14.0. The molecule has 0 bridgehead atoms. The van der Waals surface area contributed by atoms with E-state index in [2.05, 4.69) is 9.72 Å². The first-order valence-electron chi connectivity index (χ1n) is 4.32. The van der Waals surface area contributed by atoms with Crippen molar-refractivity contribution in [2.24, 2.45) is 0 Å². The monoisotopic (exact) mass is 289 g/mol. The molecule has 1 heterocycles. The Morgan fingerprint density at radius 2 is 2.00 bits per heavy atom. The third-order valence-electron chi connectivity index (χ3n) is 1.88. The van der Waals surface area contributed by atoms with Crippen LogP contribution in [0.25, 0.3) is 0 Å². The summed E-state index contributed by atoms with van der Waals surface area (Å²) in [5.74, 6) is -1.16. The number of carbonyl (C=O) groups excluding carboxylic acids is 1. The molecule has 0 amide bonds. The van der Waals surface area contributed by atoms with Crippen LogP contribution in [0, 0.1) is 0 Å². The molecule has 0 radical (unpaired) electrons. The van der Waals surface area contributed by atoms with E-state index in [1.165, 1.54) is 0 Å². The second kappa shape index (κ2) is 5.05. The molecule has 100 valence electrons. The van der Waals surface area contributed by atoms with E-state index >= 15 is 0 Å². The van der Waals surface area contributed by atoms with Gasteiger partial charge >= 0.3 is 12.1 Å². The van der Waals surface area contributed by atoms with Gasteiger partial charge in [-0.3, -0.25) is 0 Å². The quantitative estimate of drug-likeness (QED) is 0.618. The fraction of sp³-hybridized carbons (Fsp3) is 0.333. The van der Waals surface area contributed by atoms with Gasteiger partial charge < -0.3 is 4.74 Å². The lowest BCUT2D eigenvalue weighted by Crippen LogP contribution is -2.15. The predicted octanol–water partition coefficient (Wildman–Crippen LogP) is 3.48. The van der Waals surface area contributed by atoms with Gasteiger partial charge in [-0.25, -0.2) is 18.6 Å². The molecule has 0 spiro atoms. The number of carbonyl (C=O) groups is 1. The van der Waals surface area contributed by atoms with Crippen LogP contribution in [0.2, 0.25) is 5.02 Å². The van der Waals surface area contributed by atoms with Crippen molar-refractivity contribution in [3.05, 3.63) is 28.0 Å². The number of esters is 1. The van der Waals surface area contributed by atoms with Crippen molar-refractivity contribution in [3.8, 4) is 0 Å². The van der Waals surface area contributed by atoms with E-state index in [0.717, 1.165) is 7.11 Å². The summed E-state index contributed by atoms with van der Waals surface area (Å²) < 4.78 is 66.7. The van der Waals surface area contributed by atoms with Crippen molar-refractivity contribution < 1.29 is 31.5 Å². The summed E-state index contributed by atoms with van der Waals surface area (Å²) in [6, 6.07) is 0.530. The third kappa shape index (κ3) is 2.87. The highest BCUT2D eigenvalue weighted by Gasteiger charge is 2.40. The minimum absolute atomic E-state index is 0.530. The molecule has 0 saturated heterocycles. The highest BCUT2D eigenvalue weighted by molar-refractivity contribution is 6.31. The van der Waals surface area contributed by atoms with E-state index in [1.54, 1.807) is 0 Å². The van der Waals surface area contributed by atoms with E-state index in [9.17, 15) is 26.7 Å². The lowest BCUT2D eigenvalue weighted by Gasteiger charge is -2.14. The fourth-order valence-corrected chi connectivity index (χ4v) is 1.49. The van der Waals surface area contributed by atoms with Gasteiger partial charge in [0, 0.05) is 0 Å². The SMILES string of the molecule is COC(=O)c1cc(Cl)c(C(F)(F)F)c(C(F)F)n1. The molecule has 9 heteroatoms. The van der Waals surface area contributed by atoms with Gasteiger partial charge in [0.1, 0.15) is 17.0 Å². The van der Waals surface area contributed by atoms with Gasteiger partial charge in [0.05, 0.1) is 12.1 Å². The lowest BCUT2D eigenvalue weighted by atomic mass is 10.1. The summed E-state index contributed by atoms with van der Waals surface area (Å²) in [5.41, 5.74) is -4.08. The number of aromatic nitrogens is 1. The molecule has 0 aromatic carbocycles. The van der Waals surface area contributed by atoms with E-state index in [4.69, 9.17) is 11.6 Å². The van der Waals surface area contributed by atoms with Crippen LogP contribution in [0.1, 0.15) is 28.2 Å². The number of hydrogen-bond donors (Lipinski definition) is 0. The van der Waals surface area contributed by atoms with Gasteiger partial charge in [-0.15, -0.1) is 0 Å². The Balaban J connectivity index is 3.51. The normalized spacial score (nSPS) is 11.8. The maximum atomic E-state index is 12.5. The van der Waals surface area contributed by atoms with Gasteiger partial charge in [-0.1, -0.05) is 11.6 Å². The highest BCUT2D eigenvalue weighted by Crippen LogP contribution is 2.40. The van der Waals surface area contributed by atoms with Crippen LogP contribution in [0.3, 0.4) is 0 Å². The topological polar surface area (TPSA) is 39.2 Å². The van der Waals surface area contributed by atoms with Gasteiger partial charge in [-0.2, -0.15) is 13.2 Å². The number of methoxy groups -OCH3 is 1. The molecule has 0 unspecified atom stereocenters. The minimum atomic E-state index is -5.09. The van der Waals surface area contributed by atoms with Crippen LogP contribution in [-0.2, 0) is 10.9 Å². The summed E-state index contributed by atoms with van der Waals surface area (Å²) in [6.07, 6.45) is -8.62. The molecule has 0 atom stereocenters. The third-order valence-corrected chi connectivity index (χ3v) is 2.18. The molecule has 18 heavy (non-hydrogen) atoms. The molecule has 3 nitrogen and oxygen atoms in total. The van der Waals surface area contributed by atoms with Crippen LogP contribution in [0.15, 0.2) is 6.07 Å². The van der Waals surface area contributed by atoms with E-state index in [1.807, 2.05) is 0 Å². The number of rotatable bonds is 2. The molecule has 1 aromatic heterocycles. The zero-order valence-corrected chi connectivity index (χ0v) is 9.44. The van der Waals surface area contributed by atoms with E-state index in [0.29, 0.717) is 6.07 Å². The van der Waals surface area contributed by atoms with Gasteiger partial charge in [-0.05, 0) is 6.07 Å². The number of alkyl halides is 5. The van der Waals surface area contributed by atoms with Crippen LogP contribution in [0.5, 0.6) is 0 Å². The second-order valence-electron chi connectivity index (χ2n) is 3.04. The summed E-state index contributed by atoms with van der Waals surface area (Å²) in [5, 5.41) is -1.03. The number of halogens is 6. The van der Waals surface area contributed by atoms with Gasteiger partial charge in [0.2, 0.25) is 0 Å². The highest BCUT2D eigenvalue weighted by atomic mass is 35.5. The smallest absolute Gasteiger partial charge is 0.419 e.